The van der Waals surface area contributed by atoms with E-state index in [1.54, 1.807) is 11.1 Å². The van der Waals surface area contributed by atoms with Gasteiger partial charge in [-0.2, -0.15) is 0 Å². The average molecular weight is 271 g/mol. The van der Waals surface area contributed by atoms with Crippen LogP contribution in [0.2, 0.25) is 0 Å². The van der Waals surface area contributed by atoms with Gasteiger partial charge in [0.2, 0.25) is 0 Å². The average Bonchev–Trinajstić information content (AvgIpc) is 2.48. The van der Waals surface area contributed by atoms with Gasteiger partial charge in [-0.1, -0.05) is 44.0 Å². The summed E-state index contributed by atoms with van der Waals surface area (Å²) in [5, 5.41) is 3.79. The quantitative estimate of drug-likeness (QED) is 0.849. The van der Waals surface area contributed by atoms with E-state index in [2.05, 4.69) is 36.5 Å². The van der Waals surface area contributed by atoms with Gasteiger partial charge in [0.1, 0.15) is 0 Å². The summed E-state index contributed by atoms with van der Waals surface area (Å²) in [4.78, 5) is 0. The Kier molecular flexibility index (Phi) is 4.77. The minimum atomic E-state index is 0.751. The molecule has 1 heteroatoms. The number of hydrogen-bond donors (Lipinski definition) is 1. The van der Waals surface area contributed by atoms with Gasteiger partial charge in [-0.25, -0.2) is 0 Å². The van der Waals surface area contributed by atoms with E-state index in [1.807, 2.05) is 0 Å². The number of rotatable bonds is 4. The van der Waals surface area contributed by atoms with Gasteiger partial charge in [-0.3, -0.25) is 0 Å². The molecule has 3 unspecified atom stereocenters. The summed E-state index contributed by atoms with van der Waals surface area (Å²) < 4.78 is 0. The SMILES string of the molecule is CC1CCCC(CNCC2CCCc3ccccc32)C1. The Labute approximate surface area is 124 Å². The highest BCUT2D eigenvalue weighted by molar-refractivity contribution is 5.32. The smallest absolute Gasteiger partial charge is 0.00203 e. The highest BCUT2D eigenvalue weighted by atomic mass is 14.9. The molecule has 0 radical (unpaired) electrons. The summed E-state index contributed by atoms with van der Waals surface area (Å²) in [6.07, 6.45) is 9.79. The molecule has 0 aliphatic heterocycles. The molecule has 3 rings (SSSR count). The summed E-state index contributed by atoms with van der Waals surface area (Å²) in [5.74, 6) is 2.63. The minimum absolute atomic E-state index is 0.751. The van der Waals surface area contributed by atoms with E-state index in [1.165, 1.54) is 58.0 Å². The van der Waals surface area contributed by atoms with E-state index in [-0.39, 0.29) is 0 Å². The number of hydrogen-bond acceptors (Lipinski definition) is 1. The van der Waals surface area contributed by atoms with Crippen LogP contribution in [0.5, 0.6) is 0 Å². The number of benzene rings is 1. The molecule has 2 aliphatic carbocycles. The minimum Gasteiger partial charge on any atom is -0.316 e. The van der Waals surface area contributed by atoms with Gasteiger partial charge in [0.25, 0.3) is 0 Å². The van der Waals surface area contributed by atoms with Crippen LogP contribution in [0.3, 0.4) is 0 Å². The summed E-state index contributed by atoms with van der Waals surface area (Å²) >= 11 is 0. The van der Waals surface area contributed by atoms with Crippen LogP contribution < -0.4 is 5.32 Å². The van der Waals surface area contributed by atoms with Crippen LogP contribution in [-0.2, 0) is 6.42 Å². The molecule has 3 atom stereocenters. The molecule has 20 heavy (non-hydrogen) atoms. The third-order valence-corrected chi connectivity index (χ3v) is 5.36. The maximum absolute atomic E-state index is 3.79. The molecule has 1 fully saturated rings. The number of aryl methyl sites for hydroxylation is 1. The van der Waals surface area contributed by atoms with E-state index < -0.39 is 0 Å². The van der Waals surface area contributed by atoms with Gasteiger partial charge in [0, 0.05) is 6.54 Å². The third-order valence-electron chi connectivity index (χ3n) is 5.36. The Balaban J connectivity index is 1.49. The molecule has 0 aromatic heterocycles. The lowest BCUT2D eigenvalue weighted by molar-refractivity contribution is 0.272. The number of nitrogens with one attached hydrogen (secondary N) is 1. The van der Waals surface area contributed by atoms with Crippen LogP contribution in [-0.4, -0.2) is 13.1 Å². The first-order valence-corrected chi connectivity index (χ1v) is 8.61. The second-order valence-corrected chi connectivity index (χ2v) is 7.08. The Hall–Kier alpha value is -0.820. The fourth-order valence-electron chi connectivity index (χ4n) is 4.27. The molecule has 0 spiro atoms. The molecule has 1 N–H and O–H groups in total. The van der Waals surface area contributed by atoms with Crippen molar-refractivity contribution >= 4 is 0 Å². The number of fused-ring (bicyclic) bond motifs is 1. The van der Waals surface area contributed by atoms with Crippen molar-refractivity contribution < 1.29 is 0 Å². The van der Waals surface area contributed by atoms with Crippen molar-refractivity contribution in [1.82, 2.24) is 5.32 Å². The topological polar surface area (TPSA) is 12.0 Å². The predicted octanol–water partition coefficient (Wildman–Crippen LogP) is 4.52. The van der Waals surface area contributed by atoms with Crippen LogP contribution in [0.4, 0.5) is 0 Å². The monoisotopic (exact) mass is 271 g/mol. The Morgan fingerprint density at radius 1 is 1.05 bits per heavy atom. The zero-order valence-corrected chi connectivity index (χ0v) is 12.9. The van der Waals surface area contributed by atoms with E-state index >= 15 is 0 Å². The van der Waals surface area contributed by atoms with Crippen molar-refractivity contribution in [2.75, 3.05) is 13.1 Å². The molecule has 110 valence electrons. The van der Waals surface area contributed by atoms with E-state index in [0.29, 0.717) is 0 Å². The lowest BCUT2D eigenvalue weighted by atomic mass is 9.81. The predicted molar refractivity (Wildman–Crippen MR) is 86.1 cm³/mol. The second kappa shape index (κ2) is 6.76. The molecule has 1 aromatic rings. The summed E-state index contributed by atoms with van der Waals surface area (Å²) in [6, 6.07) is 9.08. The standard InChI is InChI=1S/C19H29N/c1-15-6-4-7-16(12-15)13-20-14-18-10-5-9-17-8-2-3-11-19(17)18/h2-3,8,11,15-16,18,20H,4-7,9-10,12-14H2,1H3. The molecular weight excluding hydrogens is 242 g/mol. The Morgan fingerprint density at radius 2 is 1.95 bits per heavy atom. The molecule has 0 saturated heterocycles. The Bertz CT molecular complexity index is 426. The first kappa shape index (κ1) is 14.1. The zero-order chi connectivity index (χ0) is 13.8. The van der Waals surface area contributed by atoms with Crippen LogP contribution in [0, 0.1) is 11.8 Å². The maximum Gasteiger partial charge on any atom is 0.00203 e. The molecule has 1 nitrogen and oxygen atoms in total. The highest BCUT2D eigenvalue weighted by Gasteiger charge is 2.21. The van der Waals surface area contributed by atoms with E-state index in [4.69, 9.17) is 0 Å². The lowest BCUT2D eigenvalue weighted by Crippen LogP contribution is -2.30. The van der Waals surface area contributed by atoms with Gasteiger partial charge in [-0.05, 0) is 67.5 Å². The molecule has 2 aliphatic rings. The van der Waals surface area contributed by atoms with E-state index in [0.717, 1.165) is 17.8 Å². The molecule has 0 amide bonds. The van der Waals surface area contributed by atoms with Gasteiger partial charge >= 0.3 is 0 Å². The largest absolute Gasteiger partial charge is 0.316 e. The van der Waals surface area contributed by atoms with Crippen molar-refractivity contribution in [2.24, 2.45) is 11.8 Å². The van der Waals surface area contributed by atoms with Gasteiger partial charge < -0.3 is 5.32 Å². The van der Waals surface area contributed by atoms with Gasteiger partial charge in [-0.15, -0.1) is 0 Å². The lowest BCUT2D eigenvalue weighted by Gasteiger charge is -2.29. The summed E-state index contributed by atoms with van der Waals surface area (Å²) in [5.41, 5.74) is 3.21. The fourth-order valence-corrected chi connectivity index (χ4v) is 4.27. The molecule has 0 bridgehead atoms. The van der Waals surface area contributed by atoms with Crippen molar-refractivity contribution in [3.05, 3.63) is 35.4 Å². The molecule has 1 aromatic carbocycles. The van der Waals surface area contributed by atoms with Gasteiger partial charge in [0.05, 0.1) is 0 Å². The van der Waals surface area contributed by atoms with E-state index in [9.17, 15) is 0 Å². The fraction of sp³-hybridized carbons (Fsp3) is 0.684. The Morgan fingerprint density at radius 3 is 2.85 bits per heavy atom. The molecular formula is C19H29N. The van der Waals surface area contributed by atoms with Crippen LogP contribution in [0.25, 0.3) is 0 Å². The summed E-state index contributed by atoms with van der Waals surface area (Å²) in [6.45, 7) is 4.84. The third kappa shape index (κ3) is 3.44. The van der Waals surface area contributed by atoms with Crippen molar-refractivity contribution in [1.29, 1.82) is 0 Å². The zero-order valence-electron chi connectivity index (χ0n) is 12.9. The van der Waals surface area contributed by atoms with Crippen LogP contribution in [0.15, 0.2) is 24.3 Å². The first-order valence-electron chi connectivity index (χ1n) is 8.61. The van der Waals surface area contributed by atoms with Gasteiger partial charge in [0.15, 0.2) is 0 Å². The normalized spacial score (nSPS) is 29.9. The van der Waals surface area contributed by atoms with Crippen LogP contribution in [0.1, 0.15) is 62.5 Å². The highest BCUT2D eigenvalue weighted by Crippen LogP contribution is 2.31. The van der Waals surface area contributed by atoms with Crippen LogP contribution >= 0.6 is 0 Å². The van der Waals surface area contributed by atoms with Crippen molar-refractivity contribution in [3.63, 3.8) is 0 Å². The summed E-state index contributed by atoms with van der Waals surface area (Å²) in [7, 11) is 0. The molecule has 1 saturated carbocycles. The second-order valence-electron chi connectivity index (χ2n) is 7.08. The van der Waals surface area contributed by atoms with Crippen molar-refractivity contribution in [2.45, 2.75) is 57.8 Å². The maximum atomic E-state index is 3.79. The van der Waals surface area contributed by atoms with Crippen molar-refractivity contribution in [3.8, 4) is 0 Å². The first-order chi connectivity index (χ1) is 9.83. The molecule has 0 heterocycles.